The number of aliphatic carboxylic acids is 1. The van der Waals surface area contributed by atoms with Gasteiger partial charge < -0.3 is 9.84 Å². The smallest absolute Gasteiger partial charge is 0.305 e. The number of allylic oxidation sites excluding steroid dienone is 2. The van der Waals surface area contributed by atoms with Crippen LogP contribution in [-0.4, -0.2) is 23.7 Å². The largest absolute Gasteiger partial charge is 0.481 e. The van der Waals surface area contributed by atoms with E-state index in [4.69, 9.17) is 9.84 Å². The van der Waals surface area contributed by atoms with Crippen molar-refractivity contribution in [3.8, 4) is 0 Å². The molecule has 0 aliphatic carbocycles. The Hall–Kier alpha value is -1.32. The third kappa shape index (κ3) is 46.7. The van der Waals surface area contributed by atoms with Gasteiger partial charge in [-0.3, -0.25) is 9.59 Å². The molecule has 0 aromatic carbocycles. The molecule has 0 saturated heterocycles. The second kappa shape index (κ2) is 45.8. The van der Waals surface area contributed by atoms with Gasteiger partial charge in [0.1, 0.15) is 0 Å². The number of esters is 1. The van der Waals surface area contributed by atoms with Gasteiger partial charge in [-0.15, -0.1) is 0 Å². The molecule has 0 amide bonds. The normalized spacial score (nSPS) is 11.6. The Morgan fingerprint density at radius 3 is 0.962 bits per heavy atom. The molecule has 308 valence electrons. The van der Waals surface area contributed by atoms with Crippen molar-refractivity contribution in [1.29, 1.82) is 0 Å². The van der Waals surface area contributed by atoms with E-state index in [9.17, 15) is 9.59 Å². The Morgan fingerprint density at radius 1 is 0.365 bits per heavy atom. The number of carboxylic acid groups (broad SMARTS) is 1. The molecule has 4 heteroatoms. The lowest BCUT2D eigenvalue weighted by atomic mass is 10.0. The molecule has 0 unspecified atom stereocenters. The van der Waals surface area contributed by atoms with Crippen LogP contribution in [0.15, 0.2) is 12.2 Å². The monoisotopic (exact) mass is 733 g/mol. The maximum atomic E-state index is 12.0. The van der Waals surface area contributed by atoms with E-state index in [-0.39, 0.29) is 5.97 Å². The molecule has 0 heterocycles. The third-order valence-corrected chi connectivity index (χ3v) is 10.9. The number of carboxylic acids is 1. The number of carbonyl (C=O) groups excluding carboxylic acids is 1. The zero-order chi connectivity index (χ0) is 37.7. The van der Waals surface area contributed by atoms with Gasteiger partial charge in [-0.05, 0) is 44.9 Å². The lowest BCUT2D eigenvalue weighted by molar-refractivity contribution is -0.144. The van der Waals surface area contributed by atoms with Gasteiger partial charge in [0, 0.05) is 12.8 Å². The molecule has 0 radical (unpaired) electrons. The summed E-state index contributed by atoms with van der Waals surface area (Å²) in [5.74, 6) is -0.637. The second-order valence-corrected chi connectivity index (χ2v) is 16.2. The summed E-state index contributed by atoms with van der Waals surface area (Å²) in [5, 5.41) is 8.66. The van der Waals surface area contributed by atoms with Gasteiger partial charge in [0.25, 0.3) is 0 Å². The highest BCUT2D eigenvalue weighted by Gasteiger charge is 2.03. The SMILES string of the molecule is CCCCCCC=CCCCCCCCCCCCC(=O)OCCCCCCCCCCCCCCCCCCCCCCCCCCCC(=O)O. The first-order valence-electron chi connectivity index (χ1n) is 23.7. The molecule has 0 fully saturated rings. The van der Waals surface area contributed by atoms with Crippen molar-refractivity contribution in [2.75, 3.05) is 6.61 Å². The summed E-state index contributed by atoms with van der Waals surface area (Å²) in [4.78, 5) is 22.5. The van der Waals surface area contributed by atoms with Crippen LogP contribution in [0.4, 0.5) is 0 Å². The van der Waals surface area contributed by atoms with Crippen molar-refractivity contribution < 1.29 is 19.4 Å². The lowest BCUT2D eigenvalue weighted by Gasteiger charge is -2.06. The Kier molecular flexibility index (Phi) is 44.7. The van der Waals surface area contributed by atoms with Gasteiger partial charge >= 0.3 is 11.9 Å². The third-order valence-electron chi connectivity index (χ3n) is 10.9. The van der Waals surface area contributed by atoms with Gasteiger partial charge in [0.05, 0.1) is 6.61 Å². The highest BCUT2D eigenvalue weighted by Crippen LogP contribution is 2.17. The Balaban J connectivity index is 3.16. The maximum absolute atomic E-state index is 12.0. The zero-order valence-corrected chi connectivity index (χ0v) is 35.2. The van der Waals surface area contributed by atoms with E-state index in [1.165, 1.54) is 231 Å². The molecule has 0 rings (SSSR count). The summed E-state index contributed by atoms with van der Waals surface area (Å²) in [5.41, 5.74) is 0. The first-order chi connectivity index (χ1) is 25.7. The molecule has 0 spiro atoms. The lowest BCUT2D eigenvalue weighted by Crippen LogP contribution is -2.05. The predicted octanol–water partition coefficient (Wildman–Crippen LogP) is 16.6. The quantitative estimate of drug-likeness (QED) is 0.0385. The van der Waals surface area contributed by atoms with E-state index in [1.54, 1.807) is 0 Å². The van der Waals surface area contributed by atoms with Crippen LogP contribution in [0.2, 0.25) is 0 Å². The number of hydrogen-bond acceptors (Lipinski definition) is 3. The van der Waals surface area contributed by atoms with Crippen molar-refractivity contribution >= 4 is 11.9 Å². The van der Waals surface area contributed by atoms with Crippen molar-refractivity contribution in [3.05, 3.63) is 12.2 Å². The molecule has 0 bridgehead atoms. The fourth-order valence-electron chi connectivity index (χ4n) is 7.40. The highest BCUT2D eigenvalue weighted by molar-refractivity contribution is 5.69. The topological polar surface area (TPSA) is 63.6 Å². The molecule has 0 atom stereocenters. The van der Waals surface area contributed by atoms with Crippen molar-refractivity contribution in [2.24, 2.45) is 0 Å². The van der Waals surface area contributed by atoms with Gasteiger partial charge in [0.2, 0.25) is 0 Å². The molecular formula is C48H92O4. The van der Waals surface area contributed by atoms with E-state index in [1.807, 2.05) is 0 Å². The number of carbonyl (C=O) groups is 2. The molecule has 0 aromatic rings. The molecule has 0 aliphatic rings. The molecule has 1 N–H and O–H groups in total. The van der Waals surface area contributed by atoms with Gasteiger partial charge in [-0.2, -0.15) is 0 Å². The van der Waals surface area contributed by atoms with Gasteiger partial charge in [-0.1, -0.05) is 231 Å². The summed E-state index contributed by atoms with van der Waals surface area (Å²) in [6.07, 6.45) is 58.4. The summed E-state index contributed by atoms with van der Waals surface area (Å²) in [7, 11) is 0. The minimum Gasteiger partial charge on any atom is -0.481 e. The van der Waals surface area contributed by atoms with Crippen LogP contribution in [0.25, 0.3) is 0 Å². The molecule has 0 aromatic heterocycles. The highest BCUT2D eigenvalue weighted by atomic mass is 16.5. The molecule has 0 saturated carbocycles. The van der Waals surface area contributed by atoms with Crippen LogP contribution in [0.3, 0.4) is 0 Å². The Morgan fingerprint density at radius 2 is 0.635 bits per heavy atom. The molecule has 52 heavy (non-hydrogen) atoms. The van der Waals surface area contributed by atoms with Crippen LogP contribution < -0.4 is 0 Å². The number of rotatable bonds is 45. The molecule has 4 nitrogen and oxygen atoms in total. The van der Waals surface area contributed by atoms with Crippen LogP contribution in [-0.2, 0) is 14.3 Å². The molecular weight excluding hydrogens is 641 g/mol. The standard InChI is InChI=1S/C48H92O4/c1-2-3-4-5-6-7-8-9-10-20-24-27-30-33-36-39-42-45-48(51)52-46-43-40-37-34-31-28-25-22-19-17-15-13-11-12-14-16-18-21-23-26-29-32-35-38-41-44-47(49)50/h7-8H,2-6,9-46H2,1H3,(H,49,50). The Labute approximate surface area is 325 Å². The number of hydrogen-bond donors (Lipinski definition) is 1. The maximum Gasteiger partial charge on any atom is 0.305 e. The second-order valence-electron chi connectivity index (χ2n) is 16.2. The average Bonchev–Trinajstić information content (AvgIpc) is 3.13. The number of unbranched alkanes of at least 4 members (excludes halogenated alkanes) is 37. The van der Waals surface area contributed by atoms with E-state index >= 15 is 0 Å². The van der Waals surface area contributed by atoms with Crippen molar-refractivity contribution in [3.63, 3.8) is 0 Å². The summed E-state index contributed by atoms with van der Waals surface area (Å²) in [6, 6.07) is 0. The van der Waals surface area contributed by atoms with Crippen molar-refractivity contribution in [1.82, 2.24) is 0 Å². The van der Waals surface area contributed by atoms with Crippen LogP contribution >= 0.6 is 0 Å². The van der Waals surface area contributed by atoms with E-state index in [0.717, 1.165) is 25.7 Å². The summed E-state index contributed by atoms with van der Waals surface area (Å²) in [6.45, 7) is 2.89. The molecule has 0 aliphatic heterocycles. The van der Waals surface area contributed by atoms with E-state index < -0.39 is 5.97 Å². The van der Waals surface area contributed by atoms with Gasteiger partial charge in [-0.25, -0.2) is 0 Å². The fraction of sp³-hybridized carbons (Fsp3) is 0.917. The minimum atomic E-state index is -0.655. The zero-order valence-electron chi connectivity index (χ0n) is 35.2. The summed E-state index contributed by atoms with van der Waals surface area (Å²) < 4.78 is 5.48. The summed E-state index contributed by atoms with van der Waals surface area (Å²) >= 11 is 0. The average molecular weight is 733 g/mol. The van der Waals surface area contributed by atoms with Crippen molar-refractivity contribution in [2.45, 2.75) is 277 Å². The first kappa shape index (κ1) is 50.7. The van der Waals surface area contributed by atoms with E-state index in [2.05, 4.69) is 19.1 Å². The predicted molar refractivity (Wildman–Crippen MR) is 227 cm³/mol. The Bertz CT molecular complexity index is 732. The fourth-order valence-corrected chi connectivity index (χ4v) is 7.40. The number of ether oxygens (including phenoxy) is 1. The first-order valence-corrected chi connectivity index (χ1v) is 23.7. The van der Waals surface area contributed by atoms with Gasteiger partial charge in [0.15, 0.2) is 0 Å². The van der Waals surface area contributed by atoms with E-state index in [0.29, 0.717) is 19.4 Å². The van der Waals surface area contributed by atoms with Crippen LogP contribution in [0.5, 0.6) is 0 Å². The van der Waals surface area contributed by atoms with Crippen LogP contribution in [0.1, 0.15) is 277 Å². The van der Waals surface area contributed by atoms with Crippen LogP contribution in [0, 0.1) is 0 Å². The minimum absolute atomic E-state index is 0.0177.